The largest absolute Gasteiger partial charge is 0.222 e. The minimum atomic E-state index is 0.190. The van der Waals surface area contributed by atoms with Crippen molar-refractivity contribution < 1.29 is 4.57 Å². The van der Waals surface area contributed by atoms with Gasteiger partial charge in [-0.2, -0.15) is 0 Å². The summed E-state index contributed by atoms with van der Waals surface area (Å²) in [6, 6.07) is 19.6. The summed E-state index contributed by atoms with van der Waals surface area (Å²) in [4.78, 5) is 2.87. The highest BCUT2D eigenvalue weighted by Gasteiger charge is 2.33. The zero-order valence-electron chi connectivity index (χ0n) is 26.9. The van der Waals surface area contributed by atoms with Crippen molar-refractivity contribution in [2.45, 2.75) is 103 Å². The highest BCUT2D eigenvalue weighted by atomic mass is 32.2. The van der Waals surface area contributed by atoms with Gasteiger partial charge < -0.3 is 0 Å². The second-order valence-electron chi connectivity index (χ2n) is 15.7. The van der Waals surface area contributed by atoms with Gasteiger partial charge in [0.1, 0.15) is 7.05 Å². The van der Waals surface area contributed by atoms with E-state index in [9.17, 15) is 0 Å². The molecule has 1 fully saturated rings. The minimum Gasteiger partial charge on any atom is -0.200 e. The summed E-state index contributed by atoms with van der Waals surface area (Å²) in [6.07, 6.45) is 9.88. The number of hydrogen-bond donors (Lipinski definition) is 0. The van der Waals surface area contributed by atoms with Gasteiger partial charge in [0, 0.05) is 21.2 Å². The lowest BCUT2D eigenvalue weighted by molar-refractivity contribution is -0.659. The van der Waals surface area contributed by atoms with E-state index in [1.807, 2.05) is 11.8 Å². The quantitative estimate of drug-likeness (QED) is 0.151. The number of fused-ring (bicyclic) bond motifs is 5. The summed E-state index contributed by atoms with van der Waals surface area (Å²) in [6.45, 7) is 16.6. The van der Waals surface area contributed by atoms with Crippen molar-refractivity contribution in [3.8, 4) is 11.3 Å². The van der Waals surface area contributed by atoms with E-state index in [1.165, 1.54) is 101 Å². The van der Waals surface area contributed by atoms with Gasteiger partial charge in [-0.25, -0.2) is 4.57 Å². The number of benzene rings is 4. The van der Waals surface area contributed by atoms with E-state index in [1.54, 1.807) is 0 Å². The van der Waals surface area contributed by atoms with Crippen molar-refractivity contribution in [2.75, 3.05) is 0 Å². The summed E-state index contributed by atoms with van der Waals surface area (Å²) in [5, 5.41) is 8.50. The molecule has 0 saturated heterocycles. The van der Waals surface area contributed by atoms with Gasteiger partial charge >= 0.3 is 0 Å². The van der Waals surface area contributed by atoms with Gasteiger partial charge in [-0.1, -0.05) is 103 Å². The Hall–Kier alpha value is -2.84. The molecule has 4 aromatic carbocycles. The topological polar surface area (TPSA) is 3.88 Å². The molecular formula is C40H46NS+. The summed E-state index contributed by atoms with van der Waals surface area (Å²) in [5.41, 5.74) is 9.21. The molecule has 2 heterocycles. The smallest absolute Gasteiger partial charge is 0.200 e. The van der Waals surface area contributed by atoms with Crippen molar-refractivity contribution in [2.24, 2.45) is 17.9 Å². The molecular weight excluding hydrogens is 527 g/mol. The van der Waals surface area contributed by atoms with Crippen molar-refractivity contribution in [3.05, 3.63) is 77.0 Å². The van der Waals surface area contributed by atoms with E-state index in [4.69, 9.17) is 0 Å². The van der Waals surface area contributed by atoms with Crippen molar-refractivity contribution >= 4 is 44.1 Å². The fourth-order valence-electron chi connectivity index (χ4n) is 7.84. The Balaban J connectivity index is 1.55. The van der Waals surface area contributed by atoms with Crippen LogP contribution in [-0.4, -0.2) is 0 Å². The lowest BCUT2D eigenvalue weighted by Crippen LogP contribution is -2.32. The normalized spacial score (nSPS) is 15.7. The average molecular weight is 573 g/mol. The number of aryl methyl sites for hydroxylation is 2. The number of nitrogens with zero attached hydrogens (tertiary/aromatic N) is 1. The lowest BCUT2D eigenvalue weighted by atomic mass is 9.81. The highest BCUT2D eigenvalue weighted by molar-refractivity contribution is 8.00. The third kappa shape index (κ3) is 4.75. The summed E-state index contributed by atoms with van der Waals surface area (Å²) >= 11 is 2.03. The Morgan fingerprint density at radius 2 is 1.52 bits per heavy atom. The number of pyridine rings is 1. The van der Waals surface area contributed by atoms with Crippen LogP contribution in [0, 0.1) is 17.8 Å². The SMILES string of the molecule is Cc1c2c(c(CC(C)(C)C)c3ccc(CC(C)(C)C)cc13)Sc1cc3ccc(C4CCCC4)cc3c3cc[n+](C)c-2c13. The van der Waals surface area contributed by atoms with Crippen LogP contribution in [0.3, 0.4) is 0 Å². The van der Waals surface area contributed by atoms with Crippen molar-refractivity contribution in [1.29, 1.82) is 0 Å². The summed E-state index contributed by atoms with van der Waals surface area (Å²) in [5.74, 6) is 0.724. The van der Waals surface area contributed by atoms with E-state index in [-0.39, 0.29) is 10.8 Å². The zero-order chi connectivity index (χ0) is 29.6. The maximum Gasteiger partial charge on any atom is 0.222 e. The molecule has 7 rings (SSSR count). The predicted octanol–water partition coefficient (Wildman–Crippen LogP) is 11.2. The molecule has 1 aliphatic carbocycles. The van der Waals surface area contributed by atoms with E-state index < -0.39 is 0 Å². The molecule has 0 unspecified atom stereocenters. The molecule has 2 heteroatoms. The molecule has 216 valence electrons. The van der Waals surface area contributed by atoms with Crippen LogP contribution in [-0.2, 0) is 19.9 Å². The molecule has 1 aliphatic heterocycles. The molecule has 0 atom stereocenters. The third-order valence-corrected chi connectivity index (χ3v) is 10.8. The molecule has 0 radical (unpaired) electrons. The molecule has 0 N–H and O–H groups in total. The summed E-state index contributed by atoms with van der Waals surface area (Å²) < 4.78 is 2.40. The molecule has 0 spiro atoms. The van der Waals surface area contributed by atoms with Gasteiger partial charge in [-0.15, -0.1) is 0 Å². The third-order valence-electron chi connectivity index (χ3n) is 9.63. The molecule has 42 heavy (non-hydrogen) atoms. The fraction of sp³-hybridized carbons (Fsp3) is 0.425. The first-order valence-electron chi connectivity index (χ1n) is 16.0. The van der Waals surface area contributed by atoms with Gasteiger partial charge in [0.05, 0.1) is 10.9 Å². The van der Waals surface area contributed by atoms with E-state index in [2.05, 4.69) is 115 Å². The van der Waals surface area contributed by atoms with Crippen LogP contribution in [0.1, 0.15) is 95.4 Å². The Kier molecular flexibility index (Phi) is 6.55. The Labute approximate surface area is 256 Å². The minimum absolute atomic E-state index is 0.190. The predicted molar refractivity (Wildman–Crippen MR) is 182 cm³/mol. The van der Waals surface area contributed by atoms with Crippen LogP contribution in [0.2, 0.25) is 0 Å². The van der Waals surface area contributed by atoms with Crippen LogP contribution in [0.25, 0.3) is 43.6 Å². The van der Waals surface area contributed by atoms with Gasteiger partial charge in [-0.3, -0.25) is 0 Å². The van der Waals surface area contributed by atoms with E-state index in [0.29, 0.717) is 0 Å². The molecule has 1 saturated carbocycles. The van der Waals surface area contributed by atoms with Crippen LogP contribution in [0.5, 0.6) is 0 Å². The molecule has 1 aromatic heterocycles. The fourth-order valence-corrected chi connectivity index (χ4v) is 9.21. The summed E-state index contributed by atoms with van der Waals surface area (Å²) in [7, 11) is 2.25. The number of aromatic nitrogens is 1. The zero-order valence-corrected chi connectivity index (χ0v) is 27.7. The van der Waals surface area contributed by atoms with Crippen LogP contribution in [0.15, 0.2) is 64.5 Å². The first-order chi connectivity index (χ1) is 19.9. The Morgan fingerprint density at radius 1 is 0.786 bits per heavy atom. The van der Waals surface area contributed by atoms with Crippen molar-refractivity contribution in [3.63, 3.8) is 0 Å². The maximum absolute atomic E-state index is 2.53. The number of hydrogen-bond acceptors (Lipinski definition) is 1. The second-order valence-corrected chi connectivity index (χ2v) is 16.7. The molecule has 1 nitrogen and oxygen atoms in total. The van der Waals surface area contributed by atoms with E-state index >= 15 is 0 Å². The monoisotopic (exact) mass is 572 g/mol. The molecule has 0 amide bonds. The highest BCUT2D eigenvalue weighted by Crippen LogP contribution is 2.54. The van der Waals surface area contributed by atoms with Crippen LogP contribution < -0.4 is 4.57 Å². The Morgan fingerprint density at radius 3 is 2.24 bits per heavy atom. The first-order valence-corrected chi connectivity index (χ1v) is 16.8. The van der Waals surface area contributed by atoms with E-state index in [0.717, 1.165) is 18.8 Å². The average Bonchev–Trinajstić information content (AvgIpc) is 3.45. The molecule has 0 bridgehead atoms. The van der Waals surface area contributed by atoms with Gasteiger partial charge in [-0.05, 0) is 99.2 Å². The molecule has 2 aliphatic rings. The molecule has 5 aromatic rings. The van der Waals surface area contributed by atoms with Gasteiger partial charge in [0.15, 0.2) is 6.20 Å². The van der Waals surface area contributed by atoms with Crippen LogP contribution in [0.4, 0.5) is 0 Å². The second kappa shape index (κ2) is 9.84. The Bertz CT molecular complexity index is 1890. The van der Waals surface area contributed by atoms with Crippen LogP contribution >= 0.6 is 11.8 Å². The van der Waals surface area contributed by atoms with Crippen molar-refractivity contribution in [1.82, 2.24) is 0 Å². The maximum atomic E-state index is 2.53. The standard InChI is InChI=1S/C40H46NS/c1-24-31-19-25(22-39(2,3)4)13-16-29(31)33(23-40(5,6)7)38-35(24)37-36-30(17-18-41(37)8)32-20-27(26-11-9-10-12-26)14-15-28(32)21-34(36)42-38/h13-21,26H,9-12,22-23H2,1-8H3/q+1. The first kappa shape index (κ1) is 28.0. The van der Waals surface area contributed by atoms with Gasteiger partial charge in [0.25, 0.3) is 0 Å². The van der Waals surface area contributed by atoms with Gasteiger partial charge in [0.2, 0.25) is 5.69 Å². The lowest BCUT2D eigenvalue weighted by Gasteiger charge is -2.28. The number of rotatable bonds is 3.